The van der Waals surface area contributed by atoms with E-state index in [0.29, 0.717) is 29.4 Å². The van der Waals surface area contributed by atoms with Gasteiger partial charge in [0.2, 0.25) is 5.95 Å². The molecule has 2 amide bonds. The average molecular weight is 621 g/mol. The monoisotopic (exact) mass is 620 g/mol. The molecule has 43 heavy (non-hydrogen) atoms. The van der Waals surface area contributed by atoms with Crippen LogP contribution < -0.4 is 21.3 Å². The highest BCUT2D eigenvalue weighted by atomic mass is 32.2. The predicted molar refractivity (Wildman–Crippen MR) is 150 cm³/mol. The molecule has 0 aliphatic rings. The van der Waals surface area contributed by atoms with Crippen LogP contribution >= 0.6 is 0 Å². The minimum atomic E-state index is -4.77. The maximum Gasteiger partial charge on any atom is 0.416 e. The third-order valence-corrected chi connectivity index (χ3v) is 6.50. The van der Waals surface area contributed by atoms with E-state index in [-0.39, 0.29) is 34.5 Å². The molecule has 6 N–H and O–H groups in total. The average Bonchev–Trinajstić information content (AvgIpc) is 2.95. The van der Waals surface area contributed by atoms with Gasteiger partial charge < -0.3 is 35.4 Å². The normalized spacial score (nSPS) is 12.1. The van der Waals surface area contributed by atoms with E-state index >= 15 is 4.39 Å². The molecule has 0 saturated heterocycles. The number of aromatic nitrogens is 2. The molecule has 4 aromatic rings. The molecule has 0 aliphatic carbocycles. The highest BCUT2D eigenvalue weighted by Gasteiger charge is 2.31. The van der Waals surface area contributed by atoms with Gasteiger partial charge >= 0.3 is 12.2 Å². The summed E-state index contributed by atoms with van der Waals surface area (Å²) in [4.78, 5) is 21.2. The first kappa shape index (κ1) is 31.1. The fourth-order valence-corrected chi connectivity index (χ4v) is 4.15. The molecule has 1 aromatic heterocycles. The van der Waals surface area contributed by atoms with Gasteiger partial charge in [0.05, 0.1) is 23.5 Å². The zero-order chi connectivity index (χ0) is 31.3. The van der Waals surface area contributed by atoms with E-state index in [9.17, 15) is 31.7 Å². The quantitative estimate of drug-likeness (QED) is 0.0899. The molecule has 10 nitrogen and oxygen atoms in total. The Bertz CT molecular complexity index is 1730. The lowest BCUT2D eigenvalue weighted by molar-refractivity contribution is -0.137. The summed E-state index contributed by atoms with van der Waals surface area (Å²) >= 11 is 0. The van der Waals surface area contributed by atoms with Gasteiger partial charge in [-0.3, -0.25) is 0 Å². The third-order valence-electron chi connectivity index (χ3n) is 5.82. The SMILES string of the molecule is CC(CO)Nc1nc(Nc2cccc([S-](=N)=O)c2)ncc1-c1ccc(NC(=O)Nc2cc(C(F)(F)F)ccc2F)c(F)c1. The van der Waals surface area contributed by atoms with Crippen LogP contribution in [0.4, 0.5) is 55.6 Å². The van der Waals surface area contributed by atoms with Crippen LogP contribution in [0.1, 0.15) is 12.5 Å². The van der Waals surface area contributed by atoms with Crippen LogP contribution in [0.25, 0.3) is 11.1 Å². The summed E-state index contributed by atoms with van der Waals surface area (Å²) < 4.78 is 86.7. The molecule has 0 radical (unpaired) electrons. The first-order valence-electron chi connectivity index (χ1n) is 12.3. The number of nitrogens with zero attached hydrogens (tertiary/aromatic N) is 2. The van der Waals surface area contributed by atoms with Gasteiger partial charge in [0, 0.05) is 23.5 Å². The Labute approximate surface area is 243 Å². The van der Waals surface area contributed by atoms with E-state index in [1.54, 1.807) is 19.1 Å². The van der Waals surface area contributed by atoms with Gasteiger partial charge in [-0.2, -0.15) is 28.8 Å². The number of halogens is 5. The number of hydrogen-bond donors (Lipinski definition) is 6. The van der Waals surface area contributed by atoms with E-state index in [0.717, 1.165) is 6.07 Å². The summed E-state index contributed by atoms with van der Waals surface area (Å²) in [6.07, 6.45) is -3.39. The first-order chi connectivity index (χ1) is 20.3. The summed E-state index contributed by atoms with van der Waals surface area (Å²) in [5.41, 5.74) is -1.25. The molecule has 4 rings (SSSR count). The number of nitrogens with one attached hydrogen (secondary N) is 5. The molecule has 0 fully saturated rings. The standard InChI is InChI=1S/C27H23F5N7O3S/c1-14(13-40)35-24-19(12-34-25(39-24)36-17-3-2-4-18(11-17)43(33)42)15-5-8-22(21(29)9-15)37-26(41)38-23-10-16(27(30,31)32)6-7-20(23)28/h2-12,14,33,40H,13H2,1H3,(H2,37,38,41)(H2,34,35,36,39)/q-1. The molecule has 3 aromatic carbocycles. The van der Waals surface area contributed by atoms with Gasteiger partial charge in [0.25, 0.3) is 0 Å². The van der Waals surface area contributed by atoms with Crippen molar-refractivity contribution in [2.45, 2.75) is 24.0 Å². The largest absolute Gasteiger partial charge is 0.440 e. The molecule has 226 valence electrons. The molecule has 1 atom stereocenters. The summed E-state index contributed by atoms with van der Waals surface area (Å²) in [5, 5.41) is 19.5. The molecule has 0 bridgehead atoms. The molecular formula is C27H23F5N7O3S-. The van der Waals surface area contributed by atoms with E-state index in [2.05, 4.69) is 25.9 Å². The van der Waals surface area contributed by atoms with Crippen LogP contribution in [0.5, 0.6) is 0 Å². The molecule has 16 heteroatoms. The zero-order valence-corrected chi connectivity index (χ0v) is 22.9. The van der Waals surface area contributed by atoms with Gasteiger partial charge in [-0.05, 0) is 48.9 Å². The molecule has 0 aliphatic heterocycles. The smallest absolute Gasteiger partial charge is 0.416 e. The lowest BCUT2D eigenvalue weighted by atomic mass is 10.1. The van der Waals surface area contributed by atoms with Crippen LogP contribution in [-0.2, 0) is 21.0 Å². The fraction of sp³-hybridized carbons (Fsp3) is 0.148. The van der Waals surface area contributed by atoms with Crippen LogP contribution in [-0.4, -0.2) is 33.8 Å². The molecule has 1 unspecified atom stereocenters. The Kier molecular flexibility index (Phi) is 9.40. The van der Waals surface area contributed by atoms with E-state index in [1.165, 1.54) is 30.5 Å². The van der Waals surface area contributed by atoms with Gasteiger partial charge in [0.1, 0.15) is 17.5 Å². The van der Waals surface area contributed by atoms with Crippen LogP contribution in [0.3, 0.4) is 0 Å². The van der Waals surface area contributed by atoms with E-state index < -0.39 is 51.7 Å². The number of urea groups is 1. The number of hydrogen-bond acceptors (Lipinski definition) is 9. The fourth-order valence-electron chi connectivity index (χ4n) is 3.72. The molecular weight excluding hydrogens is 597 g/mol. The Morgan fingerprint density at radius 3 is 2.44 bits per heavy atom. The maximum atomic E-state index is 15.0. The van der Waals surface area contributed by atoms with Crippen molar-refractivity contribution in [2.75, 3.05) is 27.9 Å². The van der Waals surface area contributed by atoms with Crippen molar-refractivity contribution in [1.29, 1.82) is 4.78 Å². The Morgan fingerprint density at radius 2 is 1.77 bits per heavy atom. The summed E-state index contributed by atoms with van der Waals surface area (Å²) in [6.45, 7) is 1.41. The van der Waals surface area contributed by atoms with Crippen LogP contribution in [0.15, 0.2) is 71.8 Å². The number of carbonyl (C=O) groups is 1. The van der Waals surface area contributed by atoms with Gasteiger partial charge in [0.15, 0.2) is 0 Å². The number of aliphatic hydroxyl groups excluding tert-OH is 1. The van der Waals surface area contributed by atoms with Crippen molar-refractivity contribution in [1.82, 2.24) is 9.97 Å². The Hall–Kier alpha value is -4.83. The van der Waals surface area contributed by atoms with Crippen LogP contribution in [0.2, 0.25) is 0 Å². The van der Waals surface area contributed by atoms with Crippen molar-refractivity contribution in [3.05, 3.63) is 84.1 Å². The molecule has 0 saturated carbocycles. The second-order valence-electron chi connectivity index (χ2n) is 9.07. The highest BCUT2D eigenvalue weighted by Crippen LogP contribution is 2.33. The molecule has 1 heterocycles. The van der Waals surface area contributed by atoms with E-state index in [4.69, 9.17) is 4.78 Å². The number of benzene rings is 3. The van der Waals surface area contributed by atoms with Gasteiger partial charge in [-0.25, -0.2) is 18.6 Å². The second-order valence-corrected chi connectivity index (χ2v) is 10.1. The topological polar surface area (TPSA) is 152 Å². The predicted octanol–water partition coefficient (Wildman–Crippen LogP) is 6.71. The lowest BCUT2D eigenvalue weighted by Crippen LogP contribution is -2.21. The number of alkyl halides is 3. The number of rotatable bonds is 9. The number of anilines is 5. The zero-order valence-electron chi connectivity index (χ0n) is 22.1. The van der Waals surface area contributed by atoms with Gasteiger partial charge in [-0.15, -0.1) is 0 Å². The first-order valence-corrected chi connectivity index (χ1v) is 13.5. The van der Waals surface area contributed by atoms with Crippen LogP contribution in [0, 0.1) is 16.4 Å². The van der Waals surface area contributed by atoms with Crippen molar-refractivity contribution < 1.29 is 36.1 Å². The highest BCUT2D eigenvalue weighted by molar-refractivity contribution is 7.73. The third kappa shape index (κ3) is 7.92. The maximum absolute atomic E-state index is 15.0. The Balaban J connectivity index is 1.57. The van der Waals surface area contributed by atoms with Crippen molar-refractivity contribution in [3.63, 3.8) is 0 Å². The summed E-state index contributed by atoms with van der Waals surface area (Å²) in [6, 6.07) is 9.75. The minimum absolute atomic E-state index is 0.0987. The van der Waals surface area contributed by atoms with Crippen molar-refractivity contribution >= 4 is 45.5 Å². The summed E-state index contributed by atoms with van der Waals surface area (Å²) in [7, 11) is -1.96. The van der Waals surface area contributed by atoms with Crippen molar-refractivity contribution in [3.8, 4) is 11.1 Å². The number of amides is 2. The number of aliphatic hydroxyl groups is 1. The number of carbonyl (C=O) groups excluding carboxylic acids is 1. The van der Waals surface area contributed by atoms with Gasteiger partial charge in [-0.1, -0.05) is 29.2 Å². The second kappa shape index (κ2) is 13.0. The molecule has 0 spiro atoms. The minimum Gasteiger partial charge on any atom is -0.440 e. The lowest BCUT2D eigenvalue weighted by Gasteiger charge is -2.17. The van der Waals surface area contributed by atoms with Crippen molar-refractivity contribution in [2.24, 2.45) is 0 Å². The summed E-state index contributed by atoms with van der Waals surface area (Å²) in [5.74, 6) is -1.74. The Morgan fingerprint density at radius 1 is 1.02 bits per heavy atom. The van der Waals surface area contributed by atoms with E-state index in [1.807, 2.05) is 5.32 Å².